The molecular formula is C13H14N3O3S+. The zero-order valence-electron chi connectivity index (χ0n) is 10.8. The van der Waals surface area contributed by atoms with E-state index >= 15 is 0 Å². The number of carbonyl (C=O) groups is 2. The molecule has 0 saturated carbocycles. The van der Waals surface area contributed by atoms with Gasteiger partial charge in [-0.05, 0) is 11.3 Å². The van der Waals surface area contributed by atoms with Crippen LogP contribution in [0.1, 0.15) is 11.8 Å². The monoisotopic (exact) mass is 292 g/mol. The smallest absolute Gasteiger partial charge is 0.355 e. The lowest BCUT2D eigenvalue weighted by atomic mass is 10.1. The Morgan fingerprint density at radius 2 is 2.00 bits per heavy atom. The minimum atomic E-state index is -0.900. The lowest BCUT2D eigenvalue weighted by molar-refractivity contribution is -0.342. The molecule has 1 aromatic heterocycles. The summed E-state index contributed by atoms with van der Waals surface area (Å²) in [5, 5.41) is 9.55. The third-order valence-electron chi connectivity index (χ3n) is 2.47. The minimum absolute atomic E-state index is 0.0762. The number of hydrazine groups is 1. The summed E-state index contributed by atoms with van der Waals surface area (Å²) in [6, 6.07) is 9.44. The van der Waals surface area contributed by atoms with Crippen LogP contribution in [0.25, 0.3) is 11.3 Å². The van der Waals surface area contributed by atoms with Crippen LogP contribution in [0, 0.1) is 0 Å². The van der Waals surface area contributed by atoms with E-state index in [9.17, 15) is 9.59 Å². The van der Waals surface area contributed by atoms with Gasteiger partial charge in [-0.3, -0.25) is 9.59 Å². The Hall–Kier alpha value is -2.41. The first kappa shape index (κ1) is 14.0. The predicted molar refractivity (Wildman–Crippen MR) is 75.1 cm³/mol. The molecule has 0 spiro atoms. The second kappa shape index (κ2) is 6.16. The quantitative estimate of drug-likeness (QED) is 0.725. The average molecular weight is 292 g/mol. The van der Waals surface area contributed by atoms with Gasteiger partial charge in [0.1, 0.15) is 5.69 Å². The van der Waals surface area contributed by atoms with Crippen molar-refractivity contribution in [2.24, 2.45) is 0 Å². The van der Waals surface area contributed by atoms with Crippen LogP contribution in [0.15, 0.2) is 30.3 Å². The van der Waals surface area contributed by atoms with Crippen LogP contribution in [0.4, 0.5) is 5.13 Å². The number of rotatable bonds is 5. The van der Waals surface area contributed by atoms with Crippen molar-refractivity contribution in [2.45, 2.75) is 13.3 Å². The molecule has 0 bridgehead atoms. The van der Waals surface area contributed by atoms with Gasteiger partial charge in [0.25, 0.3) is 5.91 Å². The van der Waals surface area contributed by atoms with Crippen LogP contribution >= 0.6 is 11.3 Å². The molecule has 0 saturated heterocycles. The summed E-state index contributed by atoms with van der Waals surface area (Å²) in [6.07, 6.45) is -0.0762. The summed E-state index contributed by atoms with van der Waals surface area (Å²) in [5.74, 6) is -1.13. The molecule has 0 aliphatic heterocycles. The lowest BCUT2D eigenvalue weighted by Crippen LogP contribution is -2.29. The van der Waals surface area contributed by atoms with Crippen molar-refractivity contribution in [3.05, 3.63) is 35.2 Å². The number of aliphatic carboxylic acids is 1. The van der Waals surface area contributed by atoms with E-state index in [-0.39, 0.29) is 12.3 Å². The van der Waals surface area contributed by atoms with Crippen LogP contribution in [-0.2, 0) is 16.0 Å². The number of hydrogen-bond donors (Lipinski definition) is 3. The van der Waals surface area contributed by atoms with Crippen LogP contribution in [0.2, 0.25) is 0 Å². The third kappa shape index (κ3) is 3.55. The standard InChI is InChI=1S/C13H13N3O3S/c1-8(17)15-16-13-14-12(9-5-3-2-4-6-9)10(20-13)7-11(18)19/h2-6H,7H2,1H3,(H,14,16)(H,15,17)(H,18,19)/p+1. The predicted octanol–water partition coefficient (Wildman–Crippen LogP) is 1.32. The Morgan fingerprint density at radius 1 is 1.30 bits per heavy atom. The van der Waals surface area contributed by atoms with E-state index in [1.807, 2.05) is 30.3 Å². The highest BCUT2D eigenvalue weighted by Crippen LogP contribution is 2.27. The SMILES string of the molecule is CC(=O)NNc1[nH+]c(-c2ccccc2)c(CC(=O)O)s1. The number of carbonyl (C=O) groups excluding carboxylic acids is 1. The minimum Gasteiger partial charge on any atom is -0.481 e. The van der Waals surface area contributed by atoms with Gasteiger partial charge in [0.05, 0.1) is 11.3 Å². The van der Waals surface area contributed by atoms with Gasteiger partial charge in [-0.1, -0.05) is 30.3 Å². The van der Waals surface area contributed by atoms with E-state index in [4.69, 9.17) is 5.11 Å². The highest BCUT2D eigenvalue weighted by Gasteiger charge is 2.19. The topological polar surface area (TPSA) is 92.6 Å². The molecule has 7 heteroatoms. The van der Waals surface area contributed by atoms with E-state index in [2.05, 4.69) is 15.8 Å². The second-order valence-corrected chi connectivity index (χ2v) is 5.20. The number of hydrogen-bond acceptors (Lipinski definition) is 4. The Kier molecular flexibility index (Phi) is 4.31. The zero-order valence-corrected chi connectivity index (χ0v) is 11.6. The van der Waals surface area contributed by atoms with Gasteiger partial charge in [-0.25, -0.2) is 4.98 Å². The van der Waals surface area contributed by atoms with Crippen LogP contribution in [0.5, 0.6) is 0 Å². The van der Waals surface area contributed by atoms with Gasteiger partial charge in [-0.15, -0.1) is 0 Å². The fourth-order valence-electron chi connectivity index (χ4n) is 1.68. The number of carboxylic acids is 1. The van der Waals surface area contributed by atoms with Gasteiger partial charge in [0.2, 0.25) is 0 Å². The number of aromatic nitrogens is 1. The summed E-state index contributed by atoms with van der Waals surface area (Å²) < 4.78 is 0. The number of nitrogens with one attached hydrogen (secondary N) is 3. The van der Waals surface area contributed by atoms with Gasteiger partial charge in [-0.2, -0.15) is 10.9 Å². The molecule has 20 heavy (non-hydrogen) atoms. The normalized spacial score (nSPS) is 10.1. The first-order valence-electron chi connectivity index (χ1n) is 5.91. The summed E-state index contributed by atoms with van der Waals surface area (Å²) in [5.41, 5.74) is 6.81. The number of thiazole rings is 1. The Balaban J connectivity index is 2.32. The van der Waals surface area contributed by atoms with Crippen molar-refractivity contribution >= 4 is 28.3 Å². The molecule has 2 rings (SSSR count). The molecular weight excluding hydrogens is 278 g/mol. The molecule has 0 aliphatic carbocycles. The van der Waals surface area contributed by atoms with Gasteiger partial charge in [0.15, 0.2) is 0 Å². The fourth-order valence-corrected chi connectivity index (χ4v) is 2.65. The van der Waals surface area contributed by atoms with Crippen LogP contribution < -0.4 is 15.8 Å². The molecule has 4 N–H and O–H groups in total. The number of amides is 1. The molecule has 1 amide bonds. The zero-order chi connectivity index (χ0) is 14.5. The lowest BCUT2D eigenvalue weighted by Gasteiger charge is -1.97. The number of benzene rings is 1. The summed E-state index contributed by atoms with van der Waals surface area (Å²) in [7, 11) is 0. The average Bonchev–Trinajstić information content (AvgIpc) is 2.79. The van der Waals surface area contributed by atoms with Crippen molar-refractivity contribution in [3.63, 3.8) is 0 Å². The van der Waals surface area contributed by atoms with Crippen molar-refractivity contribution in [1.29, 1.82) is 0 Å². The number of carboxylic acid groups (broad SMARTS) is 1. The molecule has 0 unspecified atom stereocenters. The molecule has 1 aromatic carbocycles. The Morgan fingerprint density at radius 3 is 2.60 bits per heavy atom. The summed E-state index contributed by atoms with van der Waals surface area (Å²) in [6.45, 7) is 1.39. The molecule has 2 aromatic rings. The molecule has 104 valence electrons. The number of H-pyrrole nitrogens is 1. The number of aromatic amines is 1. The molecule has 0 radical (unpaired) electrons. The van der Waals surface area contributed by atoms with E-state index in [0.29, 0.717) is 10.0 Å². The van der Waals surface area contributed by atoms with Crippen LogP contribution in [-0.4, -0.2) is 17.0 Å². The molecule has 0 fully saturated rings. The van der Waals surface area contributed by atoms with E-state index in [0.717, 1.165) is 11.3 Å². The maximum Gasteiger partial charge on any atom is 0.355 e. The van der Waals surface area contributed by atoms with Crippen molar-refractivity contribution in [3.8, 4) is 11.3 Å². The summed E-state index contributed by atoms with van der Waals surface area (Å²) >= 11 is 1.26. The second-order valence-electron chi connectivity index (χ2n) is 4.10. The molecule has 1 heterocycles. The Bertz CT molecular complexity index is 625. The Labute approximate surface area is 119 Å². The first-order valence-corrected chi connectivity index (χ1v) is 6.72. The van der Waals surface area contributed by atoms with Gasteiger partial charge < -0.3 is 5.11 Å². The maximum absolute atomic E-state index is 10.9. The maximum atomic E-state index is 10.9. The fraction of sp³-hybridized carbons (Fsp3) is 0.154. The number of anilines is 1. The van der Waals surface area contributed by atoms with Crippen molar-refractivity contribution in [1.82, 2.24) is 5.43 Å². The highest BCUT2D eigenvalue weighted by molar-refractivity contribution is 7.15. The van der Waals surface area contributed by atoms with E-state index in [1.54, 1.807) is 0 Å². The molecule has 6 nitrogen and oxygen atoms in total. The summed E-state index contributed by atoms with van der Waals surface area (Å²) in [4.78, 5) is 25.6. The van der Waals surface area contributed by atoms with E-state index in [1.165, 1.54) is 18.3 Å². The molecule has 0 atom stereocenters. The van der Waals surface area contributed by atoms with Crippen LogP contribution in [0.3, 0.4) is 0 Å². The third-order valence-corrected chi connectivity index (χ3v) is 3.47. The van der Waals surface area contributed by atoms with Gasteiger partial charge in [0, 0.05) is 12.5 Å². The highest BCUT2D eigenvalue weighted by atomic mass is 32.1. The molecule has 0 aliphatic rings. The van der Waals surface area contributed by atoms with Crippen molar-refractivity contribution < 1.29 is 19.7 Å². The van der Waals surface area contributed by atoms with Gasteiger partial charge >= 0.3 is 11.1 Å². The first-order chi connectivity index (χ1) is 9.56. The van der Waals surface area contributed by atoms with Crippen molar-refractivity contribution in [2.75, 3.05) is 5.43 Å². The largest absolute Gasteiger partial charge is 0.481 e. The van der Waals surface area contributed by atoms with E-state index < -0.39 is 5.97 Å².